The van der Waals surface area contributed by atoms with E-state index in [1.165, 1.54) is 6.26 Å². The van der Waals surface area contributed by atoms with Crippen LogP contribution in [-0.4, -0.2) is 51.3 Å². The normalized spacial score (nSPS) is 16.0. The van der Waals surface area contributed by atoms with Gasteiger partial charge in [0.1, 0.15) is 0 Å². The number of hydrogen-bond donors (Lipinski definition) is 1. The topological polar surface area (TPSA) is 72.5 Å². The molecule has 0 bridgehead atoms. The van der Waals surface area contributed by atoms with E-state index < -0.39 is 9.84 Å². The molecule has 1 aliphatic rings. The van der Waals surface area contributed by atoms with Crippen molar-refractivity contribution in [1.29, 1.82) is 0 Å². The lowest BCUT2D eigenvalue weighted by Crippen LogP contribution is -2.27. The number of ether oxygens (including phenoxy) is 1. The second kappa shape index (κ2) is 9.44. The van der Waals surface area contributed by atoms with Crippen LogP contribution >= 0.6 is 11.8 Å². The SMILES string of the molecule is CS(=O)(=O)c1ccc(CCC(=O)NCCSC2CCOCC2)cc1. The van der Waals surface area contributed by atoms with Gasteiger partial charge in [0.25, 0.3) is 0 Å². The van der Waals surface area contributed by atoms with Crippen molar-refractivity contribution < 1.29 is 17.9 Å². The summed E-state index contributed by atoms with van der Waals surface area (Å²) in [4.78, 5) is 12.2. The largest absolute Gasteiger partial charge is 0.381 e. The summed E-state index contributed by atoms with van der Waals surface area (Å²) in [6.45, 7) is 2.39. The molecule has 0 aliphatic carbocycles. The Bertz CT molecular complexity index is 622. The first kappa shape index (κ1) is 19.3. The zero-order chi connectivity index (χ0) is 17.4. The van der Waals surface area contributed by atoms with Crippen molar-refractivity contribution in [2.24, 2.45) is 0 Å². The fourth-order valence-corrected chi connectivity index (χ4v) is 4.22. The third-order valence-electron chi connectivity index (χ3n) is 3.94. The molecule has 7 heteroatoms. The molecule has 134 valence electrons. The second-order valence-corrected chi connectivity index (χ2v) is 9.37. The number of aryl methyl sites for hydroxylation is 1. The molecule has 0 spiro atoms. The number of sulfone groups is 1. The minimum atomic E-state index is -3.16. The van der Waals surface area contributed by atoms with Gasteiger partial charge in [-0.3, -0.25) is 4.79 Å². The van der Waals surface area contributed by atoms with Crippen molar-refractivity contribution in [3.63, 3.8) is 0 Å². The molecule has 1 amide bonds. The Morgan fingerprint density at radius 1 is 1.25 bits per heavy atom. The van der Waals surface area contributed by atoms with Gasteiger partial charge >= 0.3 is 0 Å². The Hall–Kier alpha value is -1.05. The summed E-state index contributed by atoms with van der Waals surface area (Å²) in [6, 6.07) is 6.72. The molecule has 0 unspecified atom stereocenters. The van der Waals surface area contributed by atoms with Gasteiger partial charge in [-0.25, -0.2) is 8.42 Å². The average Bonchev–Trinajstić information content (AvgIpc) is 2.57. The first-order chi connectivity index (χ1) is 11.4. The molecule has 2 rings (SSSR count). The number of benzene rings is 1. The lowest BCUT2D eigenvalue weighted by molar-refractivity contribution is -0.120. The molecule has 1 saturated heterocycles. The van der Waals surface area contributed by atoms with E-state index in [1.54, 1.807) is 24.3 Å². The summed E-state index contributed by atoms with van der Waals surface area (Å²) < 4.78 is 28.1. The molecule has 1 aliphatic heterocycles. The Morgan fingerprint density at radius 3 is 2.54 bits per heavy atom. The molecular weight excluding hydrogens is 346 g/mol. The van der Waals surface area contributed by atoms with Crippen molar-refractivity contribution in [2.45, 2.75) is 35.8 Å². The van der Waals surface area contributed by atoms with Crippen molar-refractivity contribution in [3.8, 4) is 0 Å². The van der Waals surface area contributed by atoms with E-state index in [0.717, 1.165) is 37.4 Å². The molecule has 0 radical (unpaired) electrons. The van der Waals surface area contributed by atoms with Gasteiger partial charge in [-0.1, -0.05) is 12.1 Å². The number of rotatable bonds is 8. The first-order valence-electron chi connectivity index (χ1n) is 8.20. The van der Waals surface area contributed by atoms with Crippen LogP contribution in [0.2, 0.25) is 0 Å². The smallest absolute Gasteiger partial charge is 0.220 e. The van der Waals surface area contributed by atoms with Crippen LogP contribution in [0.15, 0.2) is 29.2 Å². The molecule has 5 nitrogen and oxygen atoms in total. The van der Waals surface area contributed by atoms with E-state index in [2.05, 4.69) is 5.32 Å². The molecule has 1 aromatic carbocycles. The maximum atomic E-state index is 11.9. The molecule has 0 atom stereocenters. The van der Waals surface area contributed by atoms with Crippen LogP contribution in [0.5, 0.6) is 0 Å². The van der Waals surface area contributed by atoms with Gasteiger partial charge in [-0.2, -0.15) is 11.8 Å². The zero-order valence-electron chi connectivity index (χ0n) is 14.0. The summed E-state index contributed by atoms with van der Waals surface area (Å²) in [6.07, 6.45) is 4.42. The lowest BCUT2D eigenvalue weighted by Gasteiger charge is -2.21. The molecule has 1 fully saturated rings. The Labute approximate surface area is 148 Å². The molecular formula is C17H25NO4S2. The number of amides is 1. The Balaban J connectivity index is 1.62. The van der Waals surface area contributed by atoms with E-state index in [1.807, 2.05) is 11.8 Å². The van der Waals surface area contributed by atoms with Gasteiger partial charge in [-0.05, 0) is 37.0 Å². The maximum Gasteiger partial charge on any atom is 0.220 e. The van der Waals surface area contributed by atoms with Crippen LogP contribution in [0.3, 0.4) is 0 Å². The summed E-state index contributed by atoms with van der Waals surface area (Å²) in [7, 11) is -3.16. The van der Waals surface area contributed by atoms with Crippen molar-refractivity contribution in [1.82, 2.24) is 5.32 Å². The van der Waals surface area contributed by atoms with Crippen molar-refractivity contribution in [3.05, 3.63) is 29.8 Å². The monoisotopic (exact) mass is 371 g/mol. The minimum absolute atomic E-state index is 0.0368. The van der Waals surface area contributed by atoms with Crippen molar-refractivity contribution in [2.75, 3.05) is 31.8 Å². The summed E-state index contributed by atoms with van der Waals surface area (Å²) in [5, 5.41) is 3.60. The Morgan fingerprint density at radius 2 is 1.92 bits per heavy atom. The fourth-order valence-electron chi connectivity index (χ4n) is 2.51. The van der Waals surface area contributed by atoms with E-state index in [0.29, 0.717) is 29.5 Å². The van der Waals surface area contributed by atoms with Crippen molar-refractivity contribution >= 4 is 27.5 Å². The highest BCUT2D eigenvalue weighted by atomic mass is 32.2. The molecule has 24 heavy (non-hydrogen) atoms. The highest BCUT2D eigenvalue weighted by molar-refractivity contribution is 7.99. The fraction of sp³-hybridized carbons (Fsp3) is 0.588. The van der Waals surface area contributed by atoms with Crippen LogP contribution in [0.1, 0.15) is 24.8 Å². The molecule has 1 heterocycles. The first-order valence-corrected chi connectivity index (χ1v) is 11.1. The maximum absolute atomic E-state index is 11.9. The standard InChI is InChI=1S/C17H25NO4S2/c1-24(20,21)16-5-2-14(3-6-16)4-7-17(19)18-10-13-23-15-8-11-22-12-9-15/h2-3,5-6,15H,4,7-13H2,1H3,(H,18,19). The summed E-state index contributed by atoms with van der Waals surface area (Å²) in [5.41, 5.74) is 0.967. The molecule has 1 aromatic rings. The van der Waals surface area contributed by atoms with Gasteiger partial charge in [0.15, 0.2) is 9.84 Å². The predicted molar refractivity (Wildman–Crippen MR) is 97.2 cm³/mol. The zero-order valence-corrected chi connectivity index (χ0v) is 15.6. The highest BCUT2D eigenvalue weighted by Gasteiger charge is 2.13. The van der Waals surface area contributed by atoms with Crippen LogP contribution < -0.4 is 5.32 Å². The van der Waals surface area contributed by atoms with E-state index in [9.17, 15) is 13.2 Å². The van der Waals surface area contributed by atoms with Crippen LogP contribution in [-0.2, 0) is 25.8 Å². The molecule has 1 N–H and O–H groups in total. The van der Waals surface area contributed by atoms with Crippen LogP contribution in [0.25, 0.3) is 0 Å². The van der Waals surface area contributed by atoms with E-state index in [-0.39, 0.29) is 5.91 Å². The number of carbonyl (C=O) groups excluding carboxylic acids is 1. The third-order valence-corrected chi connectivity index (χ3v) is 6.45. The molecule has 0 aromatic heterocycles. The van der Waals surface area contributed by atoms with E-state index >= 15 is 0 Å². The summed E-state index contributed by atoms with van der Waals surface area (Å²) >= 11 is 1.91. The lowest BCUT2D eigenvalue weighted by atomic mass is 10.1. The van der Waals surface area contributed by atoms with Gasteiger partial charge in [0, 0.05) is 43.4 Å². The molecule has 0 saturated carbocycles. The number of carbonyl (C=O) groups is 1. The summed E-state index contributed by atoms with van der Waals surface area (Å²) in [5.74, 6) is 0.967. The average molecular weight is 372 g/mol. The van der Waals surface area contributed by atoms with Crippen LogP contribution in [0, 0.1) is 0 Å². The van der Waals surface area contributed by atoms with Gasteiger partial charge in [0.2, 0.25) is 5.91 Å². The number of thioether (sulfide) groups is 1. The van der Waals surface area contributed by atoms with Crippen LogP contribution in [0.4, 0.5) is 0 Å². The predicted octanol–water partition coefficient (Wildman–Crippen LogP) is 2.05. The van der Waals surface area contributed by atoms with Gasteiger partial charge in [-0.15, -0.1) is 0 Å². The number of hydrogen-bond acceptors (Lipinski definition) is 5. The number of nitrogens with one attached hydrogen (secondary N) is 1. The minimum Gasteiger partial charge on any atom is -0.381 e. The van der Waals surface area contributed by atoms with Gasteiger partial charge in [0.05, 0.1) is 4.90 Å². The third kappa shape index (κ3) is 6.83. The second-order valence-electron chi connectivity index (χ2n) is 5.95. The highest BCUT2D eigenvalue weighted by Crippen LogP contribution is 2.21. The Kier molecular flexibility index (Phi) is 7.58. The van der Waals surface area contributed by atoms with Gasteiger partial charge < -0.3 is 10.1 Å². The van der Waals surface area contributed by atoms with E-state index in [4.69, 9.17) is 4.74 Å². The quantitative estimate of drug-likeness (QED) is 0.708.